The van der Waals surface area contributed by atoms with Crippen molar-refractivity contribution in [3.05, 3.63) is 0 Å². The Balaban J connectivity index is 2.61. The molecule has 1 rings (SSSR count). The van der Waals surface area contributed by atoms with Crippen molar-refractivity contribution in [3.63, 3.8) is 0 Å². The molecule has 3 nitrogen and oxygen atoms in total. The fraction of sp³-hybridized carbons (Fsp3) is 0.800. The van der Waals surface area contributed by atoms with Gasteiger partial charge >= 0.3 is 5.97 Å². The predicted molar refractivity (Wildman–Crippen MR) is 48.3 cm³/mol. The SMILES string of the molecule is C[C@@H]1CC[C@@H]([C@H](C)C(=O)O)C(=O)C1. The molecule has 0 heterocycles. The Labute approximate surface area is 78.1 Å². The van der Waals surface area contributed by atoms with Gasteiger partial charge in [-0.2, -0.15) is 0 Å². The highest BCUT2D eigenvalue weighted by atomic mass is 16.4. The first-order valence-corrected chi connectivity index (χ1v) is 4.78. The Bertz CT molecular complexity index is 222. The molecule has 1 aliphatic rings. The Morgan fingerprint density at radius 1 is 1.54 bits per heavy atom. The van der Waals surface area contributed by atoms with Gasteiger partial charge in [0.15, 0.2) is 0 Å². The van der Waals surface area contributed by atoms with Gasteiger partial charge < -0.3 is 5.11 Å². The van der Waals surface area contributed by atoms with Crippen molar-refractivity contribution in [2.75, 3.05) is 0 Å². The smallest absolute Gasteiger partial charge is 0.306 e. The van der Waals surface area contributed by atoms with Gasteiger partial charge in [0.05, 0.1) is 5.92 Å². The van der Waals surface area contributed by atoms with E-state index >= 15 is 0 Å². The molecule has 0 bridgehead atoms. The largest absolute Gasteiger partial charge is 0.481 e. The Morgan fingerprint density at radius 2 is 2.15 bits per heavy atom. The molecule has 1 aliphatic carbocycles. The van der Waals surface area contributed by atoms with Crippen molar-refractivity contribution in [1.29, 1.82) is 0 Å². The molecule has 1 fully saturated rings. The molecule has 0 aromatic carbocycles. The predicted octanol–water partition coefficient (Wildman–Crippen LogP) is 1.71. The number of carbonyl (C=O) groups is 2. The van der Waals surface area contributed by atoms with Crippen molar-refractivity contribution in [3.8, 4) is 0 Å². The Kier molecular flexibility index (Phi) is 3.07. The quantitative estimate of drug-likeness (QED) is 0.710. The van der Waals surface area contributed by atoms with Gasteiger partial charge in [-0.05, 0) is 18.8 Å². The molecule has 13 heavy (non-hydrogen) atoms. The first-order chi connectivity index (χ1) is 6.02. The Morgan fingerprint density at radius 3 is 2.62 bits per heavy atom. The van der Waals surface area contributed by atoms with E-state index in [1.54, 1.807) is 6.92 Å². The summed E-state index contributed by atoms with van der Waals surface area (Å²) in [5.74, 6) is -1.04. The molecular weight excluding hydrogens is 168 g/mol. The maximum atomic E-state index is 11.5. The van der Waals surface area contributed by atoms with Gasteiger partial charge in [0.2, 0.25) is 0 Å². The summed E-state index contributed by atoms with van der Waals surface area (Å²) in [6.45, 7) is 3.67. The van der Waals surface area contributed by atoms with Crippen LogP contribution in [0.3, 0.4) is 0 Å². The molecule has 0 amide bonds. The molecule has 1 saturated carbocycles. The summed E-state index contributed by atoms with van der Waals surface area (Å²) >= 11 is 0. The first-order valence-electron chi connectivity index (χ1n) is 4.78. The average molecular weight is 184 g/mol. The zero-order valence-corrected chi connectivity index (χ0v) is 8.12. The second-order valence-corrected chi connectivity index (χ2v) is 4.09. The van der Waals surface area contributed by atoms with E-state index in [0.717, 1.165) is 12.8 Å². The van der Waals surface area contributed by atoms with Crippen molar-refractivity contribution in [2.24, 2.45) is 17.8 Å². The third kappa shape index (κ3) is 2.29. The fourth-order valence-electron chi connectivity index (χ4n) is 1.92. The molecule has 0 saturated heterocycles. The highest BCUT2D eigenvalue weighted by molar-refractivity contribution is 5.86. The first kappa shape index (κ1) is 10.2. The van der Waals surface area contributed by atoms with Gasteiger partial charge in [0.25, 0.3) is 0 Å². The minimum Gasteiger partial charge on any atom is -0.481 e. The van der Waals surface area contributed by atoms with Crippen molar-refractivity contribution >= 4 is 11.8 Å². The minimum atomic E-state index is -0.854. The number of hydrogen-bond acceptors (Lipinski definition) is 2. The van der Waals surface area contributed by atoms with Gasteiger partial charge in [0.1, 0.15) is 5.78 Å². The summed E-state index contributed by atoms with van der Waals surface area (Å²) in [6, 6.07) is 0. The zero-order valence-electron chi connectivity index (χ0n) is 8.12. The highest BCUT2D eigenvalue weighted by Gasteiger charge is 2.33. The standard InChI is InChI=1S/C10H16O3/c1-6-3-4-8(9(11)5-6)7(2)10(12)13/h6-8H,3-5H2,1-2H3,(H,12,13)/t6-,7+,8+/m1/s1. The second kappa shape index (κ2) is 3.90. The van der Waals surface area contributed by atoms with E-state index in [2.05, 4.69) is 0 Å². The van der Waals surface area contributed by atoms with E-state index in [-0.39, 0.29) is 11.7 Å². The molecule has 0 aliphatic heterocycles. The molecule has 0 aromatic heterocycles. The number of Topliss-reactive ketones (excluding diaryl/α,β-unsaturated/α-hetero) is 1. The average Bonchev–Trinajstić information content (AvgIpc) is 2.03. The van der Waals surface area contributed by atoms with Crippen LogP contribution in [0.25, 0.3) is 0 Å². The lowest BCUT2D eigenvalue weighted by Crippen LogP contribution is -2.32. The molecule has 1 N–H and O–H groups in total. The van der Waals surface area contributed by atoms with E-state index in [1.807, 2.05) is 6.92 Å². The third-order valence-electron chi connectivity index (χ3n) is 2.93. The third-order valence-corrected chi connectivity index (χ3v) is 2.93. The van der Waals surface area contributed by atoms with Crippen LogP contribution in [0.1, 0.15) is 33.1 Å². The summed E-state index contributed by atoms with van der Waals surface area (Å²) in [5, 5.41) is 8.77. The van der Waals surface area contributed by atoms with E-state index in [9.17, 15) is 9.59 Å². The summed E-state index contributed by atoms with van der Waals surface area (Å²) in [7, 11) is 0. The molecule has 0 aromatic rings. The van der Waals surface area contributed by atoms with Crippen LogP contribution in [0, 0.1) is 17.8 Å². The maximum Gasteiger partial charge on any atom is 0.306 e. The molecule has 0 radical (unpaired) electrons. The van der Waals surface area contributed by atoms with Gasteiger partial charge in [0, 0.05) is 12.3 Å². The van der Waals surface area contributed by atoms with Gasteiger partial charge in [-0.15, -0.1) is 0 Å². The van der Waals surface area contributed by atoms with Crippen LogP contribution in [-0.4, -0.2) is 16.9 Å². The normalized spacial score (nSPS) is 31.4. The van der Waals surface area contributed by atoms with Crippen molar-refractivity contribution in [2.45, 2.75) is 33.1 Å². The lowest BCUT2D eigenvalue weighted by molar-refractivity contribution is -0.147. The van der Waals surface area contributed by atoms with Crippen LogP contribution in [-0.2, 0) is 9.59 Å². The zero-order chi connectivity index (χ0) is 10.0. The molecule has 3 atom stereocenters. The van der Waals surface area contributed by atoms with E-state index in [4.69, 9.17) is 5.11 Å². The van der Waals surface area contributed by atoms with Crippen LogP contribution in [0.4, 0.5) is 0 Å². The summed E-state index contributed by atoms with van der Waals surface area (Å²) < 4.78 is 0. The topological polar surface area (TPSA) is 54.4 Å². The maximum absolute atomic E-state index is 11.5. The van der Waals surface area contributed by atoms with Crippen LogP contribution >= 0.6 is 0 Å². The van der Waals surface area contributed by atoms with Crippen LogP contribution in [0.5, 0.6) is 0 Å². The van der Waals surface area contributed by atoms with Crippen LogP contribution < -0.4 is 0 Å². The summed E-state index contributed by atoms with van der Waals surface area (Å²) in [6.07, 6.45) is 2.28. The minimum absolute atomic E-state index is 0.133. The number of aliphatic carboxylic acids is 1. The fourth-order valence-corrected chi connectivity index (χ4v) is 1.92. The molecule has 74 valence electrons. The summed E-state index contributed by atoms with van der Waals surface area (Å²) in [5.41, 5.74) is 0. The summed E-state index contributed by atoms with van der Waals surface area (Å²) in [4.78, 5) is 22.2. The molecular formula is C10H16O3. The molecule has 3 heteroatoms. The number of rotatable bonds is 2. The monoisotopic (exact) mass is 184 g/mol. The number of carbonyl (C=O) groups excluding carboxylic acids is 1. The van der Waals surface area contributed by atoms with Crippen molar-refractivity contribution < 1.29 is 14.7 Å². The van der Waals surface area contributed by atoms with Gasteiger partial charge in [-0.25, -0.2) is 0 Å². The van der Waals surface area contributed by atoms with E-state index < -0.39 is 11.9 Å². The Hall–Kier alpha value is -0.860. The number of carboxylic acids is 1. The van der Waals surface area contributed by atoms with Crippen molar-refractivity contribution in [1.82, 2.24) is 0 Å². The molecule has 0 unspecified atom stereocenters. The molecule has 0 spiro atoms. The van der Waals surface area contributed by atoms with E-state index in [1.165, 1.54) is 0 Å². The second-order valence-electron chi connectivity index (χ2n) is 4.09. The van der Waals surface area contributed by atoms with Gasteiger partial charge in [-0.1, -0.05) is 13.8 Å². The lowest BCUT2D eigenvalue weighted by atomic mass is 9.76. The van der Waals surface area contributed by atoms with E-state index in [0.29, 0.717) is 12.3 Å². The number of hydrogen-bond donors (Lipinski definition) is 1. The van der Waals surface area contributed by atoms with Crippen LogP contribution in [0.15, 0.2) is 0 Å². The van der Waals surface area contributed by atoms with Crippen LogP contribution in [0.2, 0.25) is 0 Å². The lowest BCUT2D eigenvalue weighted by Gasteiger charge is -2.27. The van der Waals surface area contributed by atoms with Gasteiger partial charge in [-0.3, -0.25) is 9.59 Å². The number of ketones is 1. The highest BCUT2D eigenvalue weighted by Crippen LogP contribution is 2.30. The number of carboxylic acid groups (broad SMARTS) is 1.